The summed E-state index contributed by atoms with van der Waals surface area (Å²) in [5.74, 6) is 2.50. The molecule has 21 heavy (non-hydrogen) atoms. The fourth-order valence-corrected chi connectivity index (χ4v) is 2.40. The second kappa shape index (κ2) is 6.53. The summed E-state index contributed by atoms with van der Waals surface area (Å²) in [6.07, 6.45) is 3.30. The molecule has 3 nitrogen and oxygen atoms in total. The molecule has 1 aliphatic rings. The molecule has 0 spiro atoms. The van der Waals surface area contributed by atoms with E-state index >= 15 is 0 Å². The number of hydrogen-bond donors (Lipinski definition) is 0. The number of fused-ring (bicyclic) bond motifs is 1. The van der Waals surface area contributed by atoms with Crippen LogP contribution in [0.15, 0.2) is 42.5 Å². The summed E-state index contributed by atoms with van der Waals surface area (Å²) in [7, 11) is 0. The highest BCUT2D eigenvalue weighted by Crippen LogP contribution is 2.39. The molecule has 0 fully saturated rings. The van der Waals surface area contributed by atoms with Crippen LogP contribution in [-0.4, -0.2) is 6.79 Å². The Morgan fingerprint density at radius 1 is 1.05 bits per heavy atom. The van der Waals surface area contributed by atoms with E-state index in [0.717, 1.165) is 42.1 Å². The Labute approximate surface area is 125 Å². The second-order valence-electron chi connectivity index (χ2n) is 5.19. The Bertz CT molecular complexity index is 593. The van der Waals surface area contributed by atoms with Crippen molar-refractivity contribution in [3.05, 3.63) is 53.6 Å². The molecule has 3 heteroatoms. The molecular formula is C18H20O3. The fraction of sp³-hybridized carbons (Fsp3) is 0.333. The molecule has 0 amide bonds. The third kappa shape index (κ3) is 3.30. The standard InChI is InChI=1S/C18H20O3/c1-2-3-9-15-10-17-18(21-13-20-17)11-16(15)19-12-14-7-5-4-6-8-14/h4-8,10-11H,2-3,9,12-13H2,1H3. The Hall–Kier alpha value is -2.16. The predicted octanol–water partition coefficient (Wildman–Crippen LogP) is 4.34. The molecule has 0 bridgehead atoms. The molecule has 2 aromatic carbocycles. The lowest BCUT2D eigenvalue weighted by atomic mass is 10.1. The molecule has 0 N–H and O–H groups in total. The van der Waals surface area contributed by atoms with Gasteiger partial charge in [0.2, 0.25) is 6.79 Å². The van der Waals surface area contributed by atoms with Crippen LogP contribution in [0.1, 0.15) is 30.9 Å². The lowest BCUT2D eigenvalue weighted by Gasteiger charge is -2.12. The molecule has 110 valence electrons. The van der Waals surface area contributed by atoms with Crippen molar-refractivity contribution in [2.24, 2.45) is 0 Å². The number of rotatable bonds is 6. The van der Waals surface area contributed by atoms with Crippen LogP contribution < -0.4 is 14.2 Å². The Balaban J connectivity index is 1.78. The number of ether oxygens (including phenoxy) is 3. The van der Waals surface area contributed by atoms with Gasteiger partial charge in [-0.3, -0.25) is 0 Å². The van der Waals surface area contributed by atoms with Crippen molar-refractivity contribution in [1.82, 2.24) is 0 Å². The topological polar surface area (TPSA) is 27.7 Å². The summed E-state index contributed by atoms with van der Waals surface area (Å²) >= 11 is 0. The number of aryl methyl sites for hydroxylation is 1. The van der Waals surface area contributed by atoms with Gasteiger partial charge in [0.15, 0.2) is 11.5 Å². The van der Waals surface area contributed by atoms with Crippen LogP contribution in [0.2, 0.25) is 0 Å². The quantitative estimate of drug-likeness (QED) is 0.790. The average Bonchev–Trinajstić information content (AvgIpc) is 2.98. The first-order valence-corrected chi connectivity index (χ1v) is 7.46. The average molecular weight is 284 g/mol. The Kier molecular flexibility index (Phi) is 4.29. The van der Waals surface area contributed by atoms with E-state index in [9.17, 15) is 0 Å². The molecule has 2 aromatic rings. The van der Waals surface area contributed by atoms with Crippen LogP contribution in [0.3, 0.4) is 0 Å². The molecule has 3 rings (SSSR count). The monoisotopic (exact) mass is 284 g/mol. The molecule has 0 saturated carbocycles. The van der Waals surface area contributed by atoms with Crippen molar-refractivity contribution in [3.63, 3.8) is 0 Å². The zero-order valence-corrected chi connectivity index (χ0v) is 12.3. The van der Waals surface area contributed by atoms with E-state index in [0.29, 0.717) is 13.4 Å². The summed E-state index contributed by atoms with van der Waals surface area (Å²) in [5, 5.41) is 0. The molecular weight excluding hydrogens is 264 g/mol. The third-order valence-corrected chi connectivity index (χ3v) is 3.59. The van der Waals surface area contributed by atoms with E-state index in [2.05, 4.69) is 25.1 Å². The summed E-state index contributed by atoms with van der Waals surface area (Å²) in [4.78, 5) is 0. The Morgan fingerprint density at radius 3 is 2.57 bits per heavy atom. The summed E-state index contributed by atoms with van der Waals surface area (Å²) in [6.45, 7) is 3.06. The highest BCUT2D eigenvalue weighted by molar-refractivity contribution is 5.52. The predicted molar refractivity (Wildman–Crippen MR) is 82.0 cm³/mol. The van der Waals surface area contributed by atoms with Crippen LogP contribution in [0, 0.1) is 0 Å². The second-order valence-corrected chi connectivity index (χ2v) is 5.19. The molecule has 0 saturated heterocycles. The van der Waals surface area contributed by atoms with Gasteiger partial charge in [-0.15, -0.1) is 0 Å². The number of benzene rings is 2. The summed E-state index contributed by atoms with van der Waals surface area (Å²) in [5.41, 5.74) is 2.36. The minimum absolute atomic E-state index is 0.296. The maximum absolute atomic E-state index is 6.01. The van der Waals surface area contributed by atoms with Gasteiger partial charge in [-0.1, -0.05) is 43.7 Å². The van der Waals surface area contributed by atoms with Gasteiger partial charge in [-0.05, 0) is 30.0 Å². The van der Waals surface area contributed by atoms with Crippen molar-refractivity contribution in [2.45, 2.75) is 32.8 Å². The van der Waals surface area contributed by atoms with Crippen molar-refractivity contribution >= 4 is 0 Å². The highest BCUT2D eigenvalue weighted by Gasteiger charge is 2.17. The normalized spacial score (nSPS) is 12.4. The molecule has 0 aliphatic carbocycles. The minimum Gasteiger partial charge on any atom is -0.488 e. The summed E-state index contributed by atoms with van der Waals surface area (Å²) in [6, 6.07) is 14.2. The first-order valence-electron chi connectivity index (χ1n) is 7.46. The van der Waals surface area contributed by atoms with Gasteiger partial charge >= 0.3 is 0 Å². The van der Waals surface area contributed by atoms with Crippen molar-refractivity contribution < 1.29 is 14.2 Å². The SMILES string of the molecule is CCCCc1cc2c(cc1OCc1ccccc1)OCO2. The number of unbranched alkanes of at least 4 members (excludes halogenated alkanes) is 1. The molecule has 1 heterocycles. The first kappa shape index (κ1) is 13.8. The first-order chi connectivity index (χ1) is 10.4. The van der Waals surface area contributed by atoms with E-state index in [1.807, 2.05) is 24.3 Å². The largest absolute Gasteiger partial charge is 0.488 e. The van der Waals surface area contributed by atoms with Crippen LogP contribution >= 0.6 is 0 Å². The van der Waals surface area contributed by atoms with Gasteiger partial charge in [-0.2, -0.15) is 0 Å². The molecule has 1 aliphatic heterocycles. The van der Waals surface area contributed by atoms with Gasteiger partial charge in [0.1, 0.15) is 12.4 Å². The lowest BCUT2D eigenvalue weighted by Crippen LogP contribution is -1.99. The van der Waals surface area contributed by atoms with Gasteiger partial charge < -0.3 is 14.2 Å². The number of hydrogen-bond acceptors (Lipinski definition) is 3. The maximum atomic E-state index is 6.01. The van der Waals surface area contributed by atoms with E-state index < -0.39 is 0 Å². The Morgan fingerprint density at radius 2 is 1.81 bits per heavy atom. The van der Waals surface area contributed by atoms with Gasteiger partial charge in [0.25, 0.3) is 0 Å². The smallest absolute Gasteiger partial charge is 0.231 e. The molecule has 0 unspecified atom stereocenters. The van der Waals surface area contributed by atoms with E-state index in [1.54, 1.807) is 0 Å². The van der Waals surface area contributed by atoms with Crippen LogP contribution in [0.5, 0.6) is 17.2 Å². The fourth-order valence-electron chi connectivity index (χ4n) is 2.40. The van der Waals surface area contributed by atoms with E-state index in [4.69, 9.17) is 14.2 Å². The van der Waals surface area contributed by atoms with Gasteiger partial charge in [0, 0.05) is 6.07 Å². The van der Waals surface area contributed by atoms with Crippen LogP contribution in [0.4, 0.5) is 0 Å². The van der Waals surface area contributed by atoms with Gasteiger partial charge in [-0.25, -0.2) is 0 Å². The molecule has 0 atom stereocenters. The van der Waals surface area contributed by atoms with Crippen LogP contribution in [0.25, 0.3) is 0 Å². The molecule has 0 aromatic heterocycles. The van der Waals surface area contributed by atoms with E-state index in [1.165, 1.54) is 5.56 Å². The summed E-state index contributed by atoms with van der Waals surface area (Å²) < 4.78 is 16.9. The van der Waals surface area contributed by atoms with Crippen molar-refractivity contribution in [2.75, 3.05) is 6.79 Å². The van der Waals surface area contributed by atoms with Crippen molar-refractivity contribution in [3.8, 4) is 17.2 Å². The van der Waals surface area contributed by atoms with Gasteiger partial charge in [0.05, 0.1) is 0 Å². The lowest BCUT2D eigenvalue weighted by molar-refractivity contribution is 0.173. The maximum Gasteiger partial charge on any atom is 0.231 e. The zero-order valence-electron chi connectivity index (χ0n) is 12.3. The van der Waals surface area contributed by atoms with Crippen LogP contribution in [-0.2, 0) is 13.0 Å². The molecule has 0 radical (unpaired) electrons. The van der Waals surface area contributed by atoms with Crippen molar-refractivity contribution in [1.29, 1.82) is 0 Å². The van der Waals surface area contributed by atoms with E-state index in [-0.39, 0.29) is 0 Å². The third-order valence-electron chi connectivity index (χ3n) is 3.59. The highest BCUT2D eigenvalue weighted by atomic mass is 16.7. The zero-order chi connectivity index (χ0) is 14.5. The minimum atomic E-state index is 0.296.